The summed E-state index contributed by atoms with van der Waals surface area (Å²) in [5, 5.41) is 7.77. The van der Waals surface area contributed by atoms with E-state index in [1.54, 1.807) is 12.3 Å². The third-order valence-corrected chi connectivity index (χ3v) is 2.67. The van der Waals surface area contributed by atoms with Crippen molar-refractivity contribution in [3.8, 4) is 0 Å². The van der Waals surface area contributed by atoms with Crippen molar-refractivity contribution in [3.05, 3.63) is 40.5 Å². The summed E-state index contributed by atoms with van der Waals surface area (Å²) >= 11 is 3.35. The van der Waals surface area contributed by atoms with Gasteiger partial charge in [-0.3, -0.25) is 4.79 Å². The minimum absolute atomic E-state index is 0.114. The third-order valence-electron chi connectivity index (χ3n) is 2.14. The molecule has 5 nitrogen and oxygen atoms in total. The predicted octanol–water partition coefficient (Wildman–Crippen LogP) is 1.86. The van der Waals surface area contributed by atoms with Gasteiger partial charge in [-0.15, -0.1) is 0 Å². The molecule has 0 radical (unpaired) electrons. The molecule has 1 aromatic carbocycles. The highest BCUT2D eigenvalue weighted by molar-refractivity contribution is 9.10. The van der Waals surface area contributed by atoms with Crippen molar-refractivity contribution in [2.24, 2.45) is 0 Å². The van der Waals surface area contributed by atoms with Crippen LogP contribution >= 0.6 is 15.9 Å². The lowest BCUT2D eigenvalue weighted by atomic mass is 10.2. The van der Waals surface area contributed by atoms with Crippen molar-refractivity contribution >= 4 is 33.9 Å². The Kier molecular flexibility index (Phi) is 6.67. The maximum Gasteiger partial charge on any atom is 0.318 e. The number of rotatable bonds is 5. The van der Waals surface area contributed by atoms with Gasteiger partial charge in [-0.25, -0.2) is 4.79 Å². The molecule has 0 heterocycles. The lowest BCUT2D eigenvalue weighted by Gasteiger charge is -2.04. The number of amides is 3. The first-order valence-corrected chi connectivity index (χ1v) is 6.58. The van der Waals surface area contributed by atoms with E-state index >= 15 is 0 Å². The van der Waals surface area contributed by atoms with Crippen LogP contribution < -0.4 is 16.0 Å². The van der Waals surface area contributed by atoms with Crippen LogP contribution in [0.4, 0.5) is 4.79 Å². The molecular weight excluding hydrogens is 310 g/mol. The largest absolute Gasteiger partial charge is 0.355 e. The van der Waals surface area contributed by atoms with Crippen LogP contribution in [0.5, 0.6) is 0 Å². The molecule has 0 unspecified atom stereocenters. The highest BCUT2D eigenvalue weighted by Crippen LogP contribution is 2.10. The molecule has 1 rings (SSSR count). The van der Waals surface area contributed by atoms with Gasteiger partial charge in [0.1, 0.15) is 0 Å². The molecule has 102 valence electrons. The Labute approximate surface area is 120 Å². The molecule has 0 bridgehead atoms. The van der Waals surface area contributed by atoms with Gasteiger partial charge in [0.2, 0.25) is 5.91 Å². The van der Waals surface area contributed by atoms with Gasteiger partial charge >= 0.3 is 6.03 Å². The third kappa shape index (κ3) is 7.25. The van der Waals surface area contributed by atoms with Crippen molar-refractivity contribution < 1.29 is 9.59 Å². The summed E-state index contributed by atoms with van der Waals surface area (Å²) in [6.07, 6.45) is 3.36. The molecule has 0 aliphatic rings. The molecule has 1 aromatic rings. The van der Waals surface area contributed by atoms with Crippen molar-refractivity contribution in [1.29, 1.82) is 0 Å². The van der Waals surface area contributed by atoms with E-state index in [1.165, 1.54) is 6.92 Å². The van der Waals surface area contributed by atoms with E-state index in [0.29, 0.717) is 13.1 Å². The first-order chi connectivity index (χ1) is 9.08. The van der Waals surface area contributed by atoms with Crippen LogP contribution in [0.25, 0.3) is 6.08 Å². The lowest BCUT2D eigenvalue weighted by molar-refractivity contribution is -0.118. The van der Waals surface area contributed by atoms with Gasteiger partial charge < -0.3 is 16.0 Å². The fraction of sp³-hybridized carbons (Fsp3) is 0.231. The second-order valence-corrected chi connectivity index (χ2v) is 4.68. The number of carbonyl (C=O) groups is 2. The van der Waals surface area contributed by atoms with E-state index in [4.69, 9.17) is 0 Å². The molecule has 0 fully saturated rings. The number of urea groups is 1. The van der Waals surface area contributed by atoms with Crippen molar-refractivity contribution in [2.75, 3.05) is 13.1 Å². The first-order valence-electron chi connectivity index (χ1n) is 5.79. The van der Waals surface area contributed by atoms with Crippen molar-refractivity contribution in [3.63, 3.8) is 0 Å². The average molecular weight is 326 g/mol. The molecule has 6 heteroatoms. The summed E-state index contributed by atoms with van der Waals surface area (Å²) in [4.78, 5) is 21.9. The number of hydrogen-bond acceptors (Lipinski definition) is 2. The van der Waals surface area contributed by atoms with E-state index < -0.39 is 0 Å². The van der Waals surface area contributed by atoms with Crippen LogP contribution in [0.1, 0.15) is 12.5 Å². The fourth-order valence-electron chi connectivity index (χ4n) is 1.25. The Bertz CT molecular complexity index is 457. The zero-order valence-electron chi connectivity index (χ0n) is 10.6. The molecular formula is C13H16BrN3O2. The van der Waals surface area contributed by atoms with Gasteiger partial charge in [-0.05, 0) is 23.8 Å². The summed E-state index contributed by atoms with van der Waals surface area (Å²) in [5.74, 6) is -0.114. The monoisotopic (exact) mass is 325 g/mol. The maximum absolute atomic E-state index is 11.3. The van der Waals surface area contributed by atoms with Gasteiger partial charge in [-0.2, -0.15) is 0 Å². The topological polar surface area (TPSA) is 70.2 Å². The number of nitrogens with one attached hydrogen (secondary N) is 3. The molecule has 3 amide bonds. The average Bonchev–Trinajstić information content (AvgIpc) is 2.37. The van der Waals surface area contributed by atoms with E-state index in [-0.39, 0.29) is 11.9 Å². The minimum Gasteiger partial charge on any atom is -0.355 e. The molecule has 19 heavy (non-hydrogen) atoms. The second kappa shape index (κ2) is 8.31. The van der Waals surface area contributed by atoms with E-state index in [1.807, 2.05) is 24.3 Å². The van der Waals surface area contributed by atoms with Gasteiger partial charge in [0.05, 0.1) is 0 Å². The molecule has 0 saturated heterocycles. The fourth-order valence-corrected chi connectivity index (χ4v) is 1.52. The standard InChI is InChI=1S/C13H16BrN3O2/c1-10(18)15-8-9-17-13(19)16-7-6-11-2-4-12(14)5-3-11/h2-7H,8-9H2,1H3,(H,15,18)(H2,16,17,19)/b7-6+. The Balaban J connectivity index is 2.22. The summed E-state index contributed by atoms with van der Waals surface area (Å²) in [7, 11) is 0. The molecule has 0 saturated carbocycles. The summed E-state index contributed by atoms with van der Waals surface area (Å²) in [6.45, 7) is 2.23. The number of halogens is 1. The quantitative estimate of drug-likeness (QED) is 0.723. The van der Waals surface area contributed by atoms with E-state index in [9.17, 15) is 9.59 Å². The smallest absolute Gasteiger partial charge is 0.318 e. The zero-order chi connectivity index (χ0) is 14.1. The van der Waals surface area contributed by atoms with Gasteiger partial charge in [0.15, 0.2) is 0 Å². The second-order valence-electron chi connectivity index (χ2n) is 3.77. The zero-order valence-corrected chi connectivity index (χ0v) is 12.2. The summed E-state index contributed by atoms with van der Waals surface area (Å²) in [6, 6.07) is 7.40. The Morgan fingerprint density at radius 1 is 1.16 bits per heavy atom. The SMILES string of the molecule is CC(=O)NCCNC(=O)N/C=C/c1ccc(Br)cc1. The van der Waals surface area contributed by atoms with Gasteiger partial charge in [0.25, 0.3) is 0 Å². The van der Waals surface area contributed by atoms with Gasteiger partial charge in [-0.1, -0.05) is 28.1 Å². The molecule has 0 atom stereocenters. The number of hydrogen-bond donors (Lipinski definition) is 3. The van der Waals surface area contributed by atoms with Crippen molar-refractivity contribution in [1.82, 2.24) is 16.0 Å². The Morgan fingerprint density at radius 2 is 1.79 bits per heavy atom. The van der Waals surface area contributed by atoms with Crippen molar-refractivity contribution in [2.45, 2.75) is 6.92 Å². The summed E-state index contributed by atoms with van der Waals surface area (Å²) in [5.41, 5.74) is 0.988. The van der Waals surface area contributed by atoms with Crippen LogP contribution in [0, 0.1) is 0 Å². The highest BCUT2D eigenvalue weighted by Gasteiger charge is 1.96. The Hall–Kier alpha value is -1.82. The first kappa shape index (κ1) is 15.2. The molecule has 0 aliphatic heterocycles. The van der Waals surface area contributed by atoms with Crippen LogP contribution in [-0.4, -0.2) is 25.0 Å². The molecule has 3 N–H and O–H groups in total. The maximum atomic E-state index is 11.3. The Morgan fingerprint density at radius 3 is 2.42 bits per heavy atom. The van der Waals surface area contributed by atoms with E-state index in [2.05, 4.69) is 31.9 Å². The van der Waals surface area contributed by atoms with Gasteiger partial charge in [0, 0.05) is 30.7 Å². The van der Waals surface area contributed by atoms with E-state index in [0.717, 1.165) is 10.0 Å². The van der Waals surface area contributed by atoms with Crippen LogP contribution in [-0.2, 0) is 4.79 Å². The van der Waals surface area contributed by atoms with Crippen LogP contribution in [0.3, 0.4) is 0 Å². The normalized spacial score (nSPS) is 10.2. The summed E-state index contributed by atoms with van der Waals surface area (Å²) < 4.78 is 1.01. The van der Waals surface area contributed by atoms with Crippen LogP contribution in [0.15, 0.2) is 34.9 Å². The molecule has 0 spiro atoms. The van der Waals surface area contributed by atoms with Crippen LogP contribution in [0.2, 0.25) is 0 Å². The lowest BCUT2D eigenvalue weighted by Crippen LogP contribution is -2.37. The number of benzene rings is 1. The molecule has 0 aliphatic carbocycles. The highest BCUT2D eigenvalue weighted by atomic mass is 79.9. The predicted molar refractivity (Wildman–Crippen MR) is 78.4 cm³/mol. The number of carbonyl (C=O) groups excluding carboxylic acids is 2. The minimum atomic E-state index is -0.307. The molecule has 0 aromatic heterocycles.